The number of hydrogen-bond donors (Lipinski definition) is 3. The molecule has 0 saturated heterocycles. The van der Waals surface area contributed by atoms with Crippen LogP contribution in [0.5, 0.6) is 0 Å². The molecular weight excluding hydrogens is 362 g/mol. The molecule has 1 aromatic carbocycles. The smallest absolute Gasteiger partial charge is 0.190 e. The first kappa shape index (κ1) is 19.0. The molecule has 7 nitrogen and oxygen atoms in total. The molecule has 150 valence electrons. The molecule has 0 spiro atoms. The number of rotatable bonds is 7. The minimum absolute atomic E-state index is 0.827. The summed E-state index contributed by atoms with van der Waals surface area (Å²) >= 11 is 0. The minimum atomic E-state index is 0.827. The van der Waals surface area contributed by atoms with Crippen molar-refractivity contribution < 1.29 is 0 Å². The van der Waals surface area contributed by atoms with Crippen molar-refractivity contribution in [1.29, 1.82) is 0 Å². The number of nitrogens with one attached hydrogen (secondary N) is 3. The highest BCUT2D eigenvalue weighted by atomic mass is 15.2. The predicted molar refractivity (Wildman–Crippen MR) is 117 cm³/mol. The highest BCUT2D eigenvalue weighted by Crippen LogP contribution is 2.21. The lowest BCUT2D eigenvalue weighted by Crippen LogP contribution is -2.38. The number of nitrogens with zero attached hydrogens (tertiary/aromatic N) is 4. The van der Waals surface area contributed by atoms with Gasteiger partial charge in [0.05, 0.1) is 0 Å². The zero-order valence-electron chi connectivity index (χ0n) is 16.9. The van der Waals surface area contributed by atoms with Crippen LogP contribution in [0.2, 0.25) is 0 Å². The maximum absolute atomic E-state index is 4.33. The zero-order valence-corrected chi connectivity index (χ0v) is 16.9. The fourth-order valence-corrected chi connectivity index (χ4v) is 3.70. The van der Waals surface area contributed by atoms with E-state index in [0.29, 0.717) is 0 Å². The van der Waals surface area contributed by atoms with Crippen LogP contribution in [-0.2, 0) is 12.8 Å². The number of aromatic nitrogens is 4. The molecule has 0 saturated carbocycles. The summed E-state index contributed by atoms with van der Waals surface area (Å²) in [7, 11) is 1.80. The number of pyridine rings is 1. The van der Waals surface area contributed by atoms with Crippen LogP contribution in [0.15, 0.2) is 53.7 Å². The quantitative estimate of drug-likeness (QED) is 0.258. The predicted octanol–water partition coefficient (Wildman–Crippen LogP) is 2.86. The van der Waals surface area contributed by atoms with E-state index in [0.717, 1.165) is 49.8 Å². The molecule has 0 fully saturated rings. The molecule has 0 amide bonds. The Morgan fingerprint density at radius 3 is 2.76 bits per heavy atom. The molecule has 4 aromatic rings. The Labute approximate surface area is 170 Å². The van der Waals surface area contributed by atoms with E-state index in [1.807, 2.05) is 28.8 Å². The first-order valence-corrected chi connectivity index (χ1v) is 10.1. The lowest BCUT2D eigenvalue weighted by Gasteiger charge is -2.12. The second kappa shape index (κ2) is 8.77. The number of aryl methyl sites for hydroxylation is 2. The van der Waals surface area contributed by atoms with Gasteiger partial charge in [0.25, 0.3) is 0 Å². The third kappa shape index (κ3) is 4.23. The minimum Gasteiger partial charge on any atom is -0.358 e. The Hall–Kier alpha value is -3.35. The number of guanidine groups is 1. The van der Waals surface area contributed by atoms with Crippen LogP contribution in [0, 0.1) is 6.92 Å². The highest BCUT2D eigenvalue weighted by Gasteiger charge is 2.08. The maximum atomic E-state index is 4.33. The molecular formula is C22H27N7. The molecule has 3 aromatic heterocycles. The van der Waals surface area contributed by atoms with Crippen LogP contribution in [0.4, 0.5) is 0 Å². The van der Waals surface area contributed by atoms with Gasteiger partial charge < -0.3 is 15.6 Å². The van der Waals surface area contributed by atoms with Crippen molar-refractivity contribution in [2.75, 3.05) is 20.1 Å². The van der Waals surface area contributed by atoms with Crippen LogP contribution in [-0.4, -0.2) is 45.7 Å². The number of hydrogen-bond acceptors (Lipinski definition) is 3. The number of para-hydroxylation sites is 1. The van der Waals surface area contributed by atoms with Crippen LogP contribution in [0.3, 0.4) is 0 Å². The normalized spacial score (nSPS) is 12.0. The van der Waals surface area contributed by atoms with Crippen LogP contribution < -0.4 is 10.6 Å². The fourth-order valence-electron chi connectivity index (χ4n) is 3.70. The lowest BCUT2D eigenvalue weighted by atomic mass is 10.1. The van der Waals surface area contributed by atoms with Crippen molar-refractivity contribution >= 4 is 22.5 Å². The molecule has 29 heavy (non-hydrogen) atoms. The van der Waals surface area contributed by atoms with Gasteiger partial charge in [-0.15, -0.1) is 10.2 Å². The molecule has 0 bridgehead atoms. The second-order valence-corrected chi connectivity index (χ2v) is 7.10. The largest absolute Gasteiger partial charge is 0.358 e. The maximum Gasteiger partial charge on any atom is 0.190 e. The molecule has 0 radical (unpaired) electrons. The monoisotopic (exact) mass is 389 g/mol. The number of benzene rings is 1. The van der Waals surface area contributed by atoms with E-state index in [1.54, 1.807) is 7.05 Å². The van der Waals surface area contributed by atoms with Crippen molar-refractivity contribution in [2.45, 2.75) is 26.2 Å². The second-order valence-electron chi connectivity index (χ2n) is 7.10. The first-order chi connectivity index (χ1) is 14.3. The summed E-state index contributed by atoms with van der Waals surface area (Å²) in [6, 6.07) is 14.4. The standard InChI is InChI=1S/C22H27N7/c1-16-17(18-8-3-4-9-19(18)26-16)12-14-25-22(23-2)24-13-7-11-21-28-27-20-10-5-6-15-29(20)21/h3-6,8-10,15,26H,7,11-14H2,1-2H3,(H2,23,24,25). The molecule has 7 heteroatoms. The van der Waals surface area contributed by atoms with Crippen molar-refractivity contribution in [3.8, 4) is 0 Å². The van der Waals surface area contributed by atoms with Gasteiger partial charge in [0.15, 0.2) is 11.6 Å². The van der Waals surface area contributed by atoms with E-state index in [2.05, 4.69) is 62.0 Å². The van der Waals surface area contributed by atoms with Crippen molar-refractivity contribution in [3.05, 3.63) is 65.7 Å². The SMILES string of the molecule is CN=C(NCCCc1nnc2ccccn12)NCCc1c(C)[nH]c2ccccc12. The summed E-state index contributed by atoms with van der Waals surface area (Å²) < 4.78 is 2.04. The third-order valence-electron chi connectivity index (χ3n) is 5.17. The number of fused-ring (bicyclic) bond motifs is 2. The Bertz CT molecular complexity index is 1120. The summed E-state index contributed by atoms with van der Waals surface area (Å²) in [6.45, 7) is 3.79. The molecule has 0 aliphatic carbocycles. The average molecular weight is 390 g/mol. The van der Waals surface area contributed by atoms with Gasteiger partial charge in [-0.25, -0.2) is 0 Å². The first-order valence-electron chi connectivity index (χ1n) is 10.1. The van der Waals surface area contributed by atoms with E-state index in [4.69, 9.17) is 0 Å². The van der Waals surface area contributed by atoms with Crippen molar-refractivity contribution in [3.63, 3.8) is 0 Å². The van der Waals surface area contributed by atoms with Gasteiger partial charge in [-0.2, -0.15) is 0 Å². The fraction of sp³-hybridized carbons (Fsp3) is 0.318. The number of aliphatic imine (C=N–C) groups is 1. The lowest BCUT2D eigenvalue weighted by molar-refractivity contribution is 0.713. The average Bonchev–Trinajstić information content (AvgIpc) is 3.30. The van der Waals surface area contributed by atoms with E-state index >= 15 is 0 Å². The zero-order chi connectivity index (χ0) is 20.1. The molecule has 0 atom stereocenters. The van der Waals surface area contributed by atoms with Crippen LogP contribution in [0.1, 0.15) is 23.5 Å². The van der Waals surface area contributed by atoms with E-state index in [9.17, 15) is 0 Å². The van der Waals surface area contributed by atoms with E-state index in [1.165, 1.54) is 22.2 Å². The number of H-pyrrole nitrogens is 1. The summed E-state index contributed by atoms with van der Waals surface area (Å²) in [5, 5.41) is 16.6. The van der Waals surface area contributed by atoms with E-state index < -0.39 is 0 Å². The summed E-state index contributed by atoms with van der Waals surface area (Å²) in [4.78, 5) is 7.79. The molecule has 0 aliphatic heterocycles. The molecule has 0 aliphatic rings. The Morgan fingerprint density at radius 1 is 1.03 bits per heavy atom. The van der Waals surface area contributed by atoms with Crippen molar-refractivity contribution in [1.82, 2.24) is 30.2 Å². The van der Waals surface area contributed by atoms with Crippen molar-refractivity contribution in [2.24, 2.45) is 4.99 Å². The Balaban J connectivity index is 1.24. The van der Waals surface area contributed by atoms with Gasteiger partial charge in [-0.05, 0) is 43.5 Å². The summed E-state index contributed by atoms with van der Waals surface area (Å²) in [5.74, 6) is 1.81. The molecule has 3 heterocycles. The van der Waals surface area contributed by atoms with Gasteiger partial charge in [0, 0.05) is 49.4 Å². The van der Waals surface area contributed by atoms with Gasteiger partial charge >= 0.3 is 0 Å². The van der Waals surface area contributed by atoms with Gasteiger partial charge in [-0.1, -0.05) is 24.3 Å². The van der Waals surface area contributed by atoms with E-state index in [-0.39, 0.29) is 0 Å². The Kier molecular flexibility index (Phi) is 5.74. The molecule has 3 N–H and O–H groups in total. The van der Waals surface area contributed by atoms with Gasteiger partial charge in [-0.3, -0.25) is 9.39 Å². The third-order valence-corrected chi connectivity index (χ3v) is 5.17. The van der Waals surface area contributed by atoms with Gasteiger partial charge in [0.1, 0.15) is 5.82 Å². The van der Waals surface area contributed by atoms with Crippen LogP contribution >= 0.6 is 0 Å². The number of aromatic amines is 1. The highest BCUT2D eigenvalue weighted by molar-refractivity contribution is 5.84. The topological polar surface area (TPSA) is 82.4 Å². The van der Waals surface area contributed by atoms with Crippen LogP contribution in [0.25, 0.3) is 16.6 Å². The molecule has 4 rings (SSSR count). The summed E-state index contributed by atoms with van der Waals surface area (Å²) in [6.07, 6.45) is 4.77. The summed E-state index contributed by atoms with van der Waals surface area (Å²) in [5.41, 5.74) is 4.68. The van der Waals surface area contributed by atoms with Gasteiger partial charge in [0.2, 0.25) is 0 Å². The molecule has 0 unspecified atom stereocenters. The Morgan fingerprint density at radius 2 is 1.86 bits per heavy atom.